The number of rotatable bonds is 3. The average molecular weight is 413 g/mol. The molecular weight excluding hydrogens is 399 g/mol. The maximum atomic E-state index is 12.8. The van der Waals surface area contributed by atoms with Gasteiger partial charge in [0.1, 0.15) is 0 Å². The van der Waals surface area contributed by atoms with E-state index in [1.165, 1.54) is 4.57 Å². The molecule has 1 amide bonds. The summed E-state index contributed by atoms with van der Waals surface area (Å²) in [6.45, 7) is 1.69. The van der Waals surface area contributed by atoms with Crippen molar-refractivity contribution in [2.45, 2.75) is 13.3 Å². The normalized spacial score (nSPS) is 12.8. The molecule has 140 valence electrons. The molecule has 4 rings (SSSR count). The summed E-state index contributed by atoms with van der Waals surface area (Å²) in [5.74, 6) is -1.14. The fraction of sp³-hybridized carbons (Fsp3) is 0.0952. The van der Waals surface area contributed by atoms with E-state index in [1.807, 2.05) is 0 Å². The van der Waals surface area contributed by atoms with Gasteiger partial charge in [-0.05, 0) is 29.8 Å². The zero-order valence-electron chi connectivity index (χ0n) is 14.7. The molecule has 28 heavy (non-hydrogen) atoms. The first-order valence-electron chi connectivity index (χ1n) is 8.58. The lowest BCUT2D eigenvalue weighted by molar-refractivity contribution is 0.0902. The molecule has 0 saturated carbocycles. The summed E-state index contributed by atoms with van der Waals surface area (Å²) in [7, 11) is 0. The summed E-state index contributed by atoms with van der Waals surface area (Å²) in [5.41, 5.74) is 2.28. The highest BCUT2D eigenvalue weighted by Gasteiger charge is 2.37. The lowest BCUT2D eigenvalue weighted by Crippen LogP contribution is -2.12. The van der Waals surface area contributed by atoms with Crippen molar-refractivity contribution in [3.8, 4) is 17.1 Å². The Morgan fingerprint density at radius 3 is 2.04 bits per heavy atom. The van der Waals surface area contributed by atoms with E-state index in [9.17, 15) is 14.7 Å². The molecular formula is C21H14Cl2N2O3. The summed E-state index contributed by atoms with van der Waals surface area (Å²) in [5, 5.41) is 12.0. The third-order valence-electron chi connectivity index (χ3n) is 4.60. The van der Waals surface area contributed by atoms with Gasteiger partial charge in [-0.1, -0.05) is 54.4 Å². The molecule has 1 aromatic heterocycles. The number of halogens is 2. The number of aliphatic imine (C=N–C) groups is 1. The van der Waals surface area contributed by atoms with Crippen LogP contribution in [0.5, 0.6) is 5.88 Å². The maximum Gasteiger partial charge on any atom is 0.280 e. The van der Waals surface area contributed by atoms with Crippen LogP contribution < -0.4 is 0 Å². The third kappa shape index (κ3) is 2.84. The SMILES string of the molecule is CCC(=O)n1c(O)c2c(c1-c1ccc(Cl)cc1)C(=O)N=C2c1ccc(Cl)cc1. The summed E-state index contributed by atoms with van der Waals surface area (Å²) < 4.78 is 1.18. The molecule has 2 heterocycles. The highest BCUT2D eigenvalue weighted by atomic mass is 35.5. The summed E-state index contributed by atoms with van der Waals surface area (Å²) in [6.07, 6.45) is 0.156. The lowest BCUT2D eigenvalue weighted by Gasteiger charge is -2.10. The molecule has 1 aliphatic heterocycles. The molecule has 0 spiro atoms. The molecule has 1 aliphatic rings. The maximum absolute atomic E-state index is 12.8. The van der Waals surface area contributed by atoms with Gasteiger partial charge < -0.3 is 5.11 Å². The highest BCUT2D eigenvalue weighted by molar-refractivity contribution is 6.33. The number of fused-ring (bicyclic) bond motifs is 1. The standard InChI is InChI=1S/C21H14Cl2N2O3/c1-2-15(26)25-19(12-5-9-14(23)10-6-12)17-16(21(25)28)18(24-20(17)27)11-3-7-13(22)8-4-11/h3-10,28H,2H2,1H3. The second-order valence-corrected chi connectivity index (χ2v) is 7.16. The van der Waals surface area contributed by atoms with E-state index in [2.05, 4.69) is 4.99 Å². The molecule has 0 unspecified atom stereocenters. The minimum atomic E-state index is -0.511. The molecule has 0 saturated heterocycles. The van der Waals surface area contributed by atoms with Crippen LogP contribution in [0.3, 0.4) is 0 Å². The highest BCUT2D eigenvalue weighted by Crippen LogP contribution is 2.41. The summed E-state index contributed by atoms with van der Waals surface area (Å²) >= 11 is 11.9. The number of hydrogen-bond acceptors (Lipinski definition) is 3. The average Bonchev–Trinajstić information content (AvgIpc) is 3.18. The van der Waals surface area contributed by atoms with Crippen molar-refractivity contribution in [3.63, 3.8) is 0 Å². The molecule has 2 aromatic carbocycles. The fourth-order valence-electron chi connectivity index (χ4n) is 3.30. The van der Waals surface area contributed by atoms with Crippen LogP contribution in [0.4, 0.5) is 0 Å². The van der Waals surface area contributed by atoms with Crippen LogP contribution in [0.1, 0.15) is 39.6 Å². The van der Waals surface area contributed by atoms with Crippen LogP contribution in [0, 0.1) is 0 Å². The summed E-state index contributed by atoms with van der Waals surface area (Å²) in [6, 6.07) is 13.5. The second-order valence-electron chi connectivity index (χ2n) is 6.28. The molecule has 3 aromatic rings. The Balaban J connectivity index is 2.00. The van der Waals surface area contributed by atoms with E-state index in [0.717, 1.165) is 0 Å². The number of benzene rings is 2. The van der Waals surface area contributed by atoms with Gasteiger partial charge >= 0.3 is 0 Å². The Labute approximate surface area is 170 Å². The molecule has 0 aliphatic carbocycles. The van der Waals surface area contributed by atoms with Gasteiger partial charge in [-0.2, -0.15) is 0 Å². The Hall–Kier alpha value is -2.89. The number of carbonyl (C=O) groups is 2. The van der Waals surface area contributed by atoms with Crippen LogP contribution in [0.2, 0.25) is 10.0 Å². The first kappa shape index (κ1) is 18.5. The molecule has 7 heteroatoms. The number of hydrogen-bond donors (Lipinski definition) is 1. The van der Waals surface area contributed by atoms with Crippen LogP contribution in [0.25, 0.3) is 11.3 Å². The monoisotopic (exact) mass is 412 g/mol. The van der Waals surface area contributed by atoms with Gasteiger partial charge in [0.25, 0.3) is 5.91 Å². The first-order valence-corrected chi connectivity index (χ1v) is 9.34. The number of carbonyl (C=O) groups excluding carboxylic acids is 2. The van der Waals surface area contributed by atoms with Crippen LogP contribution in [-0.2, 0) is 0 Å². The van der Waals surface area contributed by atoms with Crippen LogP contribution in [0.15, 0.2) is 53.5 Å². The minimum absolute atomic E-state index is 0.156. The van der Waals surface area contributed by atoms with Crippen LogP contribution in [-0.4, -0.2) is 27.2 Å². The second kappa shape index (κ2) is 6.93. The van der Waals surface area contributed by atoms with Gasteiger partial charge in [-0.15, -0.1) is 0 Å². The molecule has 5 nitrogen and oxygen atoms in total. The Bertz CT molecular complexity index is 1140. The predicted octanol–water partition coefficient (Wildman–Crippen LogP) is 5.21. The van der Waals surface area contributed by atoms with Gasteiger partial charge in [0.05, 0.1) is 22.5 Å². The summed E-state index contributed by atoms with van der Waals surface area (Å²) in [4.78, 5) is 29.5. The number of nitrogens with zero attached hydrogens (tertiary/aromatic N) is 2. The number of aromatic hydroxyl groups is 1. The van der Waals surface area contributed by atoms with E-state index >= 15 is 0 Å². The molecule has 1 N–H and O–H groups in total. The van der Waals surface area contributed by atoms with Gasteiger partial charge in [0.15, 0.2) is 0 Å². The topological polar surface area (TPSA) is 71.7 Å². The van der Waals surface area contributed by atoms with E-state index in [-0.39, 0.29) is 29.3 Å². The van der Waals surface area contributed by atoms with Gasteiger partial charge in [-0.25, -0.2) is 9.56 Å². The van der Waals surface area contributed by atoms with Crippen molar-refractivity contribution < 1.29 is 14.7 Å². The minimum Gasteiger partial charge on any atom is -0.494 e. The quantitative estimate of drug-likeness (QED) is 0.641. The van der Waals surface area contributed by atoms with Crippen LogP contribution >= 0.6 is 23.2 Å². The molecule has 0 radical (unpaired) electrons. The van der Waals surface area contributed by atoms with Gasteiger partial charge in [0.2, 0.25) is 11.8 Å². The Morgan fingerprint density at radius 1 is 0.964 bits per heavy atom. The van der Waals surface area contributed by atoms with Crippen molar-refractivity contribution in [3.05, 3.63) is 75.3 Å². The number of aromatic nitrogens is 1. The zero-order valence-corrected chi connectivity index (χ0v) is 16.3. The number of amides is 1. The molecule has 0 fully saturated rings. The Morgan fingerprint density at radius 2 is 1.50 bits per heavy atom. The van der Waals surface area contributed by atoms with E-state index < -0.39 is 5.91 Å². The first-order chi connectivity index (χ1) is 13.4. The zero-order chi connectivity index (χ0) is 20.0. The van der Waals surface area contributed by atoms with Gasteiger partial charge in [0, 0.05) is 22.0 Å². The van der Waals surface area contributed by atoms with Crippen molar-refractivity contribution in [1.29, 1.82) is 0 Å². The Kier molecular flexibility index (Phi) is 4.57. The van der Waals surface area contributed by atoms with Crippen molar-refractivity contribution in [1.82, 2.24) is 4.57 Å². The van der Waals surface area contributed by atoms with E-state index in [0.29, 0.717) is 32.6 Å². The van der Waals surface area contributed by atoms with Crippen molar-refractivity contribution >= 4 is 40.7 Å². The van der Waals surface area contributed by atoms with Crippen molar-refractivity contribution in [2.24, 2.45) is 4.99 Å². The predicted molar refractivity (Wildman–Crippen MR) is 109 cm³/mol. The van der Waals surface area contributed by atoms with Crippen molar-refractivity contribution in [2.75, 3.05) is 0 Å². The molecule has 0 atom stereocenters. The lowest BCUT2D eigenvalue weighted by atomic mass is 10.0. The van der Waals surface area contributed by atoms with E-state index in [1.54, 1.807) is 55.5 Å². The fourth-order valence-corrected chi connectivity index (χ4v) is 3.56. The largest absolute Gasteiger partial charge is 0.494 e. The molecule has 0 bridgehead atoms. The third-order valence-corrected chi connectivity index (χ3v) is 5.10. The smallest absolute Gasteiger partial charge is 0.280 e. The van der Waals surface area contributed by atoms with Gasteiger partial charge in [-0.3, -0.25) is 9.59 Å². The van der Waals surface area contributed by atoms with E-state index in [4.69, 9.17) is 23.2 Å².